The summed E-state index contributed by atoms with van der Waals surface area (Å²) in [6.07, 6.45) is 0.0808. The SMILES string of the molecule is [B]c1c([B])c([B])c(C2(N)C(=O)C([B])([B])CCC2([B])[B])c(Cl)c1[B]. The molecule has 2 N–H and O–H groups in total. The molecule has 1 aromatic rings. The number of halogens is 1. The first-order chi connectivity index (χ1) is 10.3. The van der Waals surface area contributed by atoms with E-state index in [1.165, 1.54) is 0 Å². The van der Waals surface area contributed by atoms with Gasteiger partial charge in [0.1, 0.15) is 37.2 Å². The maximum Gasteiger partial charge on any atom is 0.145 e. The molecule has 11 heteroatoms. The molecule has 0 spiro atoms. The van der Waals surface area contributed by atoms with Crippen LogP contribution in [0.1, 0.15) is 18.4 Å². The van der Waals surface area contributed by atoms with Gasteiger partial charge in [-0.15, -0.1) is 10.9 Å². The lowest BCUT2D eigenvalue weighted by Crippen LogP contribution is -2.65. The van der Waals surface area contributed by atoms with Crippen molar-refractivity contribution in [2.75, 3.05) is 0 Å². The zero-order chi connectivity index (χ0) is 18.0. The predicted octanol–water partition coefficient (Wildman–Crippen LogP) is -4.06. The van der Waals surface area contributed by atoms with Gasteiger partial charge < -0.3 is 5.73 Å². The van der Waals surface area contributed by atoms with E-state index in [9.17, 15) is 4.79 Å². The third kappa shape index (κ3) is 2.52. The molecular weight excluding hydrogens is 296 g/mol. The number of benzene rings is 1. The quantitative estimate of drug-likeness (QED) is 0.537. The predicted molar refractivity (Wildman–Crippen MR) is 102 cm³/mol. The molecular formula is C12H6B8ClNO. The van der Waals surface area contributed by atoms with Gasteiger partial charge >= 0.3 is 0 Å². The smallest absolute Gasteiger partial charge is 0.145 e. The van der Waals surface area contributed by atoms with E-state index in [4.69, 9.17) is 80.1 Å². The van der Waals surface area contributed by atoms with Crippen LogP contribution in [0.2, 0.25) is 15.5 Å². The summed E-state index contributed by atoms with van der Waals surface area (Å²) in [6.45, 7) is 0. The standard InChI is InChI=1S/C12H6B8ClNO/c13-4-3(8(21)7(16)6(15)5(4)14)12(22)9(23)10(17,18)1-2-11(12,19)20/h1-2,22H2. The fourth-order valence-corrected chi connectivity index (χ4v) is 3.18. The van der Waals surface area contributed by atoms with Gasteiger partial charge in [0.2, 0.25) is 0 Å². The van der Waals surface area contributed by atoms with Crippen LogP contribution in [0.3, 0.4) is 0 Å². The van der Waals surface area contributed by atoms with Crippen LogP contribution >= 0.6 is 11.6 Å². The highest BCUT2D eigenvalue weighted by molar-refractivity contribution is 6.66. The van der Waals surface area contributed by atoms with Gasteiger partial charge in [0.15, 0.2) is 0 Å². The minimum Gasteiger partial charge on any atom is -0.316 e. The molecule has 0 saturated heterocycles. The lowest BCUT2D eigenvalue weighted by molar-refractivity contribution is -0.128. The summed E-state index contributed by atoms with van der Waals surface area (Å²) in [6, 6.07) is 0. The molecule has 1 aromatic carbocycles. The topological polar surface area (TPSA) is 43.1 Å². The summed E-state index contributed by atoms with van der Waals surface area (Å²) in [5.74, 6) is -0.821. The summed E-state index contributed by atoms with van der Waals surface area (Å²) in [7, 11) is 47.1. The fourth-order valence-electron chi connectivity index (χ4n) is 2.83. The molecule has 0 bridgehead atoms. The fraction of sp³-hybridized carbons (Fsp3) is 0.417. The highest BCUT2D eigenvalue weighted by atomic mass is 35.5. The average molecular weight is 302 g/mol. The molecule has 1 unspecified atom stereocenters. The number of ketones is 1. The Labute approximate surface area is 152 Å². The van der Waals surface area contributed by atoms with Crippen molar-refractivity contribution in [1.29, 1.82) is 0 Å². The van der Waals surface area contributed by atoms with Gasteiger partial charge in [0, 0.05) is 5.02 Å². The highest BCUT2D eigenvalue weighted by Gasteiger charge is 2.56. The zero-order valence-corrected chi connectivity index (χ0v) is 13.2. The van der Waals surface area contributed by atoms with E-state index in [0.717, 1.165) is 0 Å². The minimum atomic E-state index is -2.09. The largest absolute Gasteiger partial charge is 0.316 e. The Bertz CT molecular complexity index is 678. The third-order valence-corrected chi connectivity index (χ3v) is 4.85. The van der Waals surface area contributed by atoms with Crippen molar-refractivity contribution < 1.29 is 4.79 Å². The number of hydrogen-bond acceptors (Lipinski definition) is 2. The molecule has 0 heterocycles. The van der Waals surface area contributed by atoms with E-state index >= 15 is 0 Å². The Hall–Kier alpha value is -0.341. The molecule has 16 radical (unpaired) electrons. The van der Waals surface area contributed by atoms with Crippen molar-refractivity contribution >= 4 is 102 Å². The Morgan fingerprint density at radius 2 is 1.35 bits per heavy atom. The normalized spacial score (nSPS) is 26.1. The molecule has 1 fully saturated rings. The highest BCUT2D eigenvalue weighted by Crippen LogP contribution is 2.54. The van der Waals surface area contributed by atoms with Crippen molar-refractivity contribution in [2.45, 2.75) is 28.8 Å². The van der Waals surface area contributed by atoms with Crippen LogP contribution in [0.4, 0.5) is 0 Å². The van der Waals surface area contributed by atoms with Crippen LogP contribution < -0.4 is 27.6 Å². The number of hydrogen-bond donors (Lipinski definition) is 1. The lowest BCUT2D eigenvalue weighted by atomic mass is 9.31. The Morgan fingerprint density at radius 1 is 0.870 bits per heavy atom. The van der Waals surface area contributed by atoms with E-state index < -0.39 is 21.7 Å². The Kier molecular flexibility index (Phi) is 4.62. The van der Waals surface area contributed by atoms with Crippen LogP contribution in [0.25, 0.3) is 0 Å². The van der Waals surface area contributed by atoms with E-state index in [1.54, 1.807) is 0 Å². The summed E-state index contributed by atoms with van der Waals surface area (Å²) >= 11 is 6.22. The van der Waals surface area contributed by atoms with Gasteiger partial charge in [0.25, 0.3) is 0 Å². The number of carbonyl (C=O) groups is 1. The van der Waals surface area contributed by atoms with Crippen LogP contribution in [0.5, 0.6) is 0 Å². The second-order valence-electron chi connectivity index (χ2n) is 6.06. The summed E-state index contributed by atoms with van der Waals surface area (Å²) < 4.78 is 0. The van der Waals surface area contributed by atoms with Crippen LogP contribution in [-0.4, -0.2) is 68.6 Å². The van der Waals surface area contributed by atoms with E-state index in [0.29, 0.717) is 0 Å². The van der Waals surface area contributed by atoms with Gasteiger partial charge in [-0.1, -0.05) is 40.6 Å². The molecule has 23 heavy (non-hydrogen) atoms. The molecule has 1 atom stereocenters. The molecule has 1 aliphatic carbocycles. The van der Waals surface area contributed by atoms with Crippen LogP contribution in [0.15, 0.2) is 0 Å². The third-order valence-electron chi connectivity index (χ3n) is 4.46. The molecule has 0 aromatic heterocycles. The second-order valence-corrected chi connectivity index (χ2v) is 6.44. The second kappa shape index (κ2) is 5.59. The first-order valence-electron chi connectivity index (χ1n) is 6.70. The maximum atomic E-state index is 12.8. The Morgan fingerprint density at radius 3 is 1.87 bits per heavy atom. The monoisotopic (exact) mass is 303 g/mol. The Balaban J connectivity index is 2.89. The molecule has 2 nitrogen and oxygen atoms in total. The number of Topliss-reactive ketones (excluding diaryl/α,β-unsaturated/α-hetero) is 1. The van der Waals surface area contributed by atoms with Crippen molar-refractivity contribution in [1.82, 2.24) is 0 Å². The van der Waals surface area contributed by atoms with Gasteiger partial charge in [-0.05, 0) is 10.8 Å². The summed E-state index contributed by atoms with van der Waals surface area (Å²) in [5.41, 5.74) is 3.72. The van der Waals surface area contributed by atoms with Crippen molar-refractivity contribution in [3.05, 3.63) is 10.6 Å². The molecule has 1 aliphatic rings. The molecule has 2 rings (SSSR count). The van der Waals surface area contributed by atoms with Gasteiger partial charge in [-0.25, -0.2) is 0 Å². The van der Waals surface area contributed by atoms with E-state index in [2.05, 4.69) is 0 Å². The molecule has 1 saturated carbocycles. The van der Waals surface area contributed by atoms with Gasteiger partial charge in [-0.3, -0.25) is 4.79 Å². The molecule has 0 aliphatic heterocycles. The maximum absolute atomic E-state index is 12.8. The molecule has 0 amide bonds. The van der Waals surface area contributed by atoms with Crippen LogP contribution in [-0.2, 0) is 10.3 Å². The minimum absolute atomic E-state index is 0.0329. The van der Waals surface area contributed by atoms with Gasteiger partial charge in [-0.2, -0.15) is 0 Å². The number of rotatable bonds is 1. The first kappa shape index (κ1) is 19.0. The van der Waals surface area contributed by atoms with Gasteiger partial charge in [0.05, 0.1) is 36.9 Å². The van der Waals surface area contributed by atoms with Crippen LogP contribution in [0, 0.1) is 0 Å². The lowest BCUT2D eigenvalue weighted by Gasteiger charge is -2.54. The van der Waals surface area contributed by atoms with Crippen molar-refractivity contribution in [3.8, 4) is 0 Å². The van der Waals surface area contributed by atoms with E-state index in [1.807, 2.05) is 0 Å². The molecule has 96 valence electrons. The average Bonchev–Trinajstić information content (AvgIpc) is 2.47. The van der Waals surface area contributed by atoms with Crippen molar-refractivity contribution in [2.24, 2.45) is 5.73 Å². The summed E-state index contributed by atoms with van der Waals surface area (Å²) in [4.78, 5) is 12.8. The first-order valence-corrected chi connectivity index (χ1v) is 7.08. The summed E-state index contributed by atoms with van der Waals surface area (Å²) in [5, 5.41) is -3.64. The van der Waals surface area contributed by atoms with E-state index in [-0.39, 0.29) is 45.3 Å². The number of nitrogens with two attached hydrogens (primary N) is 1. The zero-order valence-electron chi connectivity index (χ0n) is 12.4. The van der Waals surface area contributed by atoms with Crippen molar-refractivity contribution in [3.63, 3.8) is 0 Å². The number of carbonyl (C=O) groups excluding carboxylic acids is 1.